The molecule has 1 aromatic heterocycles. The van der Waals surface area contributed by atoms with Crippen molar-refractivity contribution in [2.75, 3.05) is 11.1 Å². The van der Waals surface area contributed by atoms with Gasteiger partial charge < -0.3 is 11.1 Å². The van der Waals surface area contributed by atoms with Crippen molar-refractivity contribution in [2.45, 2.75) is 12.7 Å². The summed E-state index contributed by atoms with van der Waals surface area (Å²) in [5.41, 5.74) is 5.83. The second-order valence-electron chi connectivity index (χ2n) is 3.85. The molecule has 2 nitrogen and oxygen atoms in total. The van der Waals surface area contributed by atoms with E-state index >= 15 is 0 Å². The first-order chi connectivity index (χ1) is 8.88. The number of rotatable bonds is 3. The third kappa shape index (κ3) is 3.33. The molecule has 1 heterocycles. The van der Waals surface area contributed by atoms with Crippen LogP contribution in [0.5, 0.6) is 0 Å². The molecular formula is C12H10ClF3N2S. The molecule has 0 spiro atoms. The molecule has 19 heavy (non-hydrogen) atoms. The zero-order valence-corrected chi connectivity index (χ0v) is 11.2. The van der Waals surface area contributed by atoms with E-state index in [0.717, 1.165) is 10.9 Å². The zero-order chi connectivity index (χ0) is 14.0. The molecule has 0 aliphatic heterocycles. The maximum Gasteiger partial charge on any atom is 0.417 e. The van der Waals surface area contributed by atoms with E-state index < -0.39 is 11.7 Å². The van der Waals surface area contributed by atoms with Gasteiger partial charge in [0.2, 0.25) is 0 Å². The average molecular weight is 307 g/mol. The zero-order valence-electron chi connectivity index (χ0n) is 9.59. The number of benzene rings is 1. The monoisotopic (exact) mass is 306 g/mol. The van der Waals surface area contributed by atoms with Crippen molar-refractivity contribution in [3.63, 3.8) is 0 Å². The first kappa shape index (κ1) is 14.0. The maximum atomic E-state index is 12.7. The number of thiophene rings is 1. The molecule has 2 aromatic rings. The molecule has 0 aliphatic rings. The molecule has 0 amide bonds. The molecule has 0 radical (unpaired) electrons. The minimum absolute atomic E-state index is 0.311. The Morgan fingerprint density at radius 3 is 2.58 bits per heavy atom. The van der Waals surface area contributed by atoms with Gasteiger partial charge in [0.1, 0.15) is 0 Å². The fourth-order valence-corrected chi connectivity index (χ4v) is 2.49. The van der Waals surface area contributed by atoms with E-state index in [1.165, 1.54) is 23.5 Å². The van der Waals surface area contributed by atoms with Gasteiger partial charge in [0.15, 0.2) is 0 Å². The van der Waals surface area contributed by atoms with E-state index in [1.54, 1.807) is 6.07 Å². The minimum Gasteiger partial charge on any atom is -0.398 e. The summed E-state index contributed by atoms with van der Waals surface area (Å²) in [6.45, 7) is 0.377. The number of nitrogen functional groups attached to an aromatic ring is 1. The van der Waals surface area contributed by atoms with Gasteiger partial charge >= 0.3 is 6.18 Å². The van der Waals surface area contributed by atoms with Gasteiger partial charge in [-0.05, 0) is 29.6 Å². The fraction of sp³-hybridized carbons (Fsp3) is 0.167. The average Bonchev–Trinajstić information content (AvgIpc) is 2.72. The smallest absolute Gasteiger partial charge is 0.398 e. The molecule has 3 N–H and O–H groups in total. The van der Waals surface area contributed by atoms with Crippen LogP contribution >= 0.6 is 22.9 Å². The molecule has 0 fully saturated rings. The van der Waals surface area contributed by atoms with Crippen LogP contribution in [0.4, 0.5) is 24.5 Å². The third-order valence-electron chi connectivity index (χ3n) is 2.50. The number of nitrogens with two attached hydrogens (primary N) is 1. The van der Waals surface area contributed by atoms with Gasteiger partial charge in [0.25, 0.3) is 0 Å². The summed E-state index contributed by atoms with van der Waals surface area (Å²) in [4.78, 5) is 0.878. The van der Waals surface area contributed by atoms with Gasteiger partial charge in [-0.3, -0.25) is 0 Å². The lowest BCUT2D eigenvalue weighted by molar-refractivity contribution is -0.137. The highest BCUT2D eigenvalue weighted by atomic mass is 35.5. The Bertz CT molecular complexity index is 581. The van der Waals surface area contributed by atoms with Crippen LogP contribution in [-0.2, 0) is 12.7 Å². The standard InChI is InChI=1S/C12H10ClF3N2S/c13-9-2-1-7(5-8(9)12(14,15)16)18-6-11-10(17)3-4-19-11/h1-5,18H,6,17H2. The van der Waals surface area contributed by atoms with Crippen LogP contribution in [0.2, 0.25) is 5.02 Å². The SMILES string of the molecule is Nc1ccsc1CNc1ccc(Cl)c(C(F)(F)F)c1. The molecule has 0 saturated carbocycles. The van der Waals surface area contributed by atoms with Crippen LogP contribution < -0.4 is 11.1 Å². The first-order valence-electron chi connectivity index (χ1n) is 5.30. The highest BCUT2D eigenvalue weighted by Gasteiger charge is 2.33. The Morgan fingerprint density at radius 1 is 1.26 bits per heavy atom. The molecule has 0 aliphatic carbocycles. The van der Waals surface area contributed by atoms with Gasteiger partial charge in [-0.25, -0.2) is 0 Å². The number of alkyl halides is 3. The maximum absolute atomic E-state index is 12.7. The second kappa shape index (κ2) is 5.30. The van der Waals surface area contributed by atoms with E-state index in [2.05, 4.69) is 5.32 Å². The van der Waals surface area contributed by atoms with E-state index in [-0.39, 0.29) is 5.02 Å². The molecule has 7 heteroatoms. The Labute approximate surface area is 117 Å². The first-order valence-corrected chi connectivity index (χ1v) is 6.56. The van der Waals surface area contributed by atoms with Crippen LogP contribution in [0.3, 0.4) is 0 Å². The minimum atomic E-state index is -4.46. The van der Waals surface area contributed by atoms with Crippen molar-refractivity contribution >= 4 is 34.3 Å². The second-order valence-corrected chi connectivity index (χ2v) is 5.25. The molecular weight excluding hydrogens is 297 g/mol. The molecule has 102 valence electrons. The Kier molecular flexibility index (Phi) is 3.91. The molecule has 0 unspecified atom stereocenters. The Hall–Kier alpha value is -1.40. The van der Waals surface area contributed by atoms with Crippen molar-refractivity contribution in [2.24, 2.45) is 0 Å². The number of halogens is 4. The number of nitrogens with one attached hydrogen (secondary N) is 1. The lowest BCUT2D eigenvalue weighted by Gasteiger charge is -2.12. The highest BCUT2D eigenvalue weighted by Crippen LogP contribution is 2.36. The summed E-state index contributed by atoms with van der Waals surface area (Å²) in [5, 5.41) is 4.42. The van der Waals surface area contributed by atoms with E-state index in [1.807, 2.05) is 5.38 Å². The summed E-state index contributed by atoms with van der Waals surface area (Å²) in [6.07, 6.45) is -4.46. The fourth-order valence-electron chi connectivity index (χ4n) is 1.53. The van der Waals surface area contributed by atoms with Crippen LogP contribution in [0.15, 0.2) is 29.6 Å². The molecule has 0 atom stereocenters. The quantitative estimate of drug-likeness (QED) is 0.868. The summed E-state index contributed by atoms with van der Waals surface area (Å²) >= 11 is 6.99. The Morgan fingerprint density at radius 2 is 2.00 bits per heavy atom. The van der Waals surface area contributed by atoms with Gasteiger partial charge in [0, 0.05) is 16.3 Å². The predicted octanol–water partition coefficient (Wildman–Crippen LogP) is 4.61. The van der Waals surface area contributed by atoms with Gasteiger partial charge in [-0.2, -0.15) is 13.2 Å². The topological polar surface area (TPSA) is 38.0 Å². The summed E-state index contributed by atoms with van der Waals surface area (Å²) in [7, 11) is 0. The van der Waals surface area contributed by atoms with Crippen LogP contribution in [0.25, 0.3) is 0 Å². The number of hydrogen-bond donors (Lipinski definition) is 2. The van der Waals surface area contributed by atoms with Crippen LogP contribution in [0, 0.1) is 0 Å². The van der Waals surface area contributed by atoms with Crippen molar-refractivity contribution in [1.82, 2.24) is 0 Å². The largest absolute Gasteiger partial charge is 0.417 e. The predicted molar refractivity (Wildman–Crippen MR) is 72.5 cm³/mol. The van der Waals surface area contributed by atoms with Crippen LogP contribution in [0.1, 0.15) is 10.4 Å². The number of anilines is 2. The lowest BCUT2D eigenvalue weighted by Crippen LogP contribution is -2.07. The van der Waals surface area contributed by atoms with Crippen molar-refractivity contribution in [3.8, 4) is 0 Å². The number of hydrogen-bond acceptors (Lipinski definition) is 3. The summed E-state index contributed by atoms with van der Waals surface area (Å²) < 4.78 is 38.0. The highest BCUT2D eigenvalue weighted by molar-refractivity contribution is 7.10. The normalized spacial score (nSPS) is 11.6. The van der Waals surface area contributed by atoms with Gasteiger partial charge in [0.05, 0.1) is 17.1 Å². The van der Waals surface area contributed by atoms with Crippen molar-refractivity contribution in [1.29, 1.82) is 0 Å². The Balaban J connectivity index is 2.16. The molecule has 0 bridgehead atoms. The molecule has 0 saturated heterocycles. The van der Waals surface area contributed by atoms with E-state index in [9.17, 15) is 13.2 Å². The van der Waals surface area contributed by atoms with Gasteiger partial charge in [-0.1, -0.05) is 11.6 Å². The lowest BCUT2D eigenvalue weighted by atomic mass is 10.2. The van der Waals surface area contributed by atoms with Gasteiger partial charge in [-0.15, -0.1) is 11.3 Å². The molecule has 2 rings (SSSR count). The molecule has 1 aromatic carbocycles. The summed E-state index contributed by atoms with van der Waals surface area (Å²) in [6, 6.07) is 5.47. The van der Waals surface area contributed by atoms with Crippen LogP contribution in [-0.4, -0.2) is 0 Å². The van der Waals surface area contributed by atoms with Crippen molar-refractivity contribution < 1.29 is 13.2 Å². The third-order valence-corrected chi connectivity index (χ3v) is 3.77. The van der Waals surface area contributed by atoms with E-state index in [4.69, 9.17) is 17.3 Å². The van der Waals surface area contributed by atoms with Crippen molar-refractivity contribution in [3.05, 3.63) is 45.1 Å². The van der Waals surface area contributed by atoms with E-state index in [0.29, 0.717) is 17.9 Å². The summed E-state index contributed by atoms with van der Waals surface area (Å²) in [5.74, 6) is 0.